The van der Waals surface area contributed by atoms with Crippen molar-refractivity contribution in [3.8, 4) is 5.75 Å². The van der Waals surface area contributed by atoms with Gasteiger partial charge in [0, 0.05) is 5.56 Å². The molecule has 0 aliphatic carbocycles. The van der Waals surface area contributed by atoms with Gasteiger partial charge in [-0.3, -0.25) is 0 Å². The molecule has 1 rings (SSSR count). The molecule has 0 spiro atoms. The molecule has 16 heavy (non-hydrogen) atoms. The predicted molar refractivity (Wildman–Crippen MR) is 61.1 cm³/mol. The molecule has 0 aliphatic heterocycles. The van der Waals surface area contributed by atoms with E-state index in [1.807, 2.05) is 0 Å². The average molecular weight is 227 g/mol. The first kappa shape index (κ1) is 12.9. The smallest absolute Gasteiger partial charge is 0.130 e. The molecule has 0 aromatic heterocycles. The maximum atomic E-state index is 13.8. The third kappa shape index (κ3) is 2.71. The second-order valence-electron chi connectivity index (χ2n) is 4.22. The second kappa shape index (κ2) is 4.80. The molecular weight excluding hydrogens is 209 g/mol. The van der Waals surface area contributed by atoms with E-state index in [-0.39, 0.29) is 6.61 Å². The van der Waals surface area contributed by atoms with Gasteiger partial charge in [-0.25, -0.2) is 4.39 Å². The van der Waals surface area contributed by atoms with Crippen LogP contribution in [0.25, 0.3) is 0 Å². The molecule has 0 bridgehead atoms. The van der Waals surface area contributed by atoms with Crippen molar-refractivity contribution in [1.29, 1.82) is 0 Å². The summed E-state index contributed by atoms with van der Waals surface area (Å²) in [6.07, 6.45) is 0. The Balaban J connectivity index is 3.21. The molecule has 0 amide bonds. The van der Waals surface area contributed by atoms with Gasteiger partial charge in [0.2, 0.25) is 0 Å². The Hall–Kier alpha value is -1.13. The molecule has 0 fully saturated rings. The van der Waals surface area contributed by atoms with E-state index < -0.39 is 11.7 Å². The Morgan fingerprint density at radius 3 is 2.56 bits per heavy atom. The Labute approximate surface area is 95.0 Å². The number of ether oxygens (including phenoxy) is 1. The number of benzene rings is 1. The minimum absolute atomic E-state index is 0.202. The van der Waals surface area contributed by atoms with Gasteiger partial charge >= 0.3 is 0 Å². The van der Waals surface area contributed by atoms with Crippen LogP contribution in [-0.2, 0) is 5.67 Å². The lowest BCUT2D eigenvalue weighted by molar-refractivity contribution is 0.220. The van der Waals surface area contributed by atoms with Crippen molar-refractivity contribution in [3.63, 3.8) is 0 Å². The zero-order valence-electron chi connectivity index (χ0n) is 9.83. The molecular formula is C12H18FNO2. The fourth-order valence-corrected chi connectivity index (χ4v) is 1.49. The summed E-state index contributed by atoms with van der Waals surface area (Å²) in [7, 11) is 1.52. The van der Waals surface area contributed by atoms with Crippen LogP contribution in [0.15, 0.2) is 18.2 Å². The molecule has 1 unspecified atom stereocenters. The highest BCUT2D eigenvalue weighted by Gasteiger charge is 2.21. The number of aliphatic hydroxyl groups is 1. The van der Waals surface area contributed by atoms with Gasteiger partial charge < -0.3 is 15.6 Å². The SMILES string of the molecule is COc1ccc(C(C)(C)F)cc1C(N)CO. The number of hydrogen-bond donors (Lipinski definition) is 2. The van der Waals surface area contributed by atoms with E-state index in [9.17, 15) is 4.39 Å². The Bertz CT molecular complexity index is 361. The van der Waals surface area contributed by atoms with Gasteiger partial charge in [-0.1, -0.05) is 6.07 Å². The van der Waals surface area contributed by atoms with Gasteiger partial charge in [0.25, 0.3) is 0 Å². The van der Waals surface area contributed by atoms with Crippen molar-refractivity contribution in [2.45, 2.75) is 25.6 Å². The summed E-state index contributed by atoms with van der Waals surface area (Å²) in [5, 5.41) is 9.03. The Morgan fingerprint density at radius 1 is 1.50 bits per heavy atom. The first-order chi connectivity index (χ1) is 7.40. The van der Waals surface area contributed by atoms with Crippen LogP contribution in [0.5, 0.6) is 5.75 Å². The highest BCUT2D eigenvalue weighted by molar-refractivity contribution is 5.41. The van der Waals surface area contributed by atoms with E-state index in [0.717, 1.165) is 0 Å². The average Bonchev–Trinajstić information content (AvgIpc) is 2.25. The van der Waals surface area contributed by atoms with Crippen molar-refractivity contribution in [2.75, 3.05) is 13.7 Å². The molecule has 4 heteroatoms. The molecule has 1 aromatic rings. The maximum Gasteiger partial charge on any atom is 0.130 e. The topological polar surface area (TPSA) is 55.5 Å². The van der Waals surface area contributed by atoms with Crippen LogP contribution in [0.2, 0.25) is 0 Å². The van der Waals surface area contributed by atoms with E-state index >= 15 is 0 Å². The lowest BCUT2D eigenvalue weighted by Crippen LogP contribution is -2.17. The molecule has 90 valence electrons. The molecule has 3 N–H and O–H groups in total. The Morgan fingerprint density at radius 2 is 2.12 bits per heavy atom. The monoisotopic (exact) mass is 227 g/mol. The van der Waals surface area contributed by atoms with Gasteiger partial charge in [-0.15, -0.1) is 0 Å². The van der Waals surface area contributed by atoms with Crippen LogP contribution in [0.1, 0.15) is 31.0 Å². The summed E-state index contributed by atoms with van der Waals surface area (Å²) >= 11 is 0. The zero-order valence-corrected chi connectivity index (χ0v) is 9.83. The van der Waals surface area contributed by atoms with Crippen LogP contribution in [0, 0.1) is 0 Å². The largest absolute Gasteiger partial charge is 0.496 e. The minimum atomic E-state index is -1.43. The first-order valence-corrected chi connectivity index (χ1v) is 5.14. The van der Waals surface area contributed by atoms with Gasteiger partial charge in [0.15, 0.2) is 0 Å². The second-order valence-corrected chi connectivity index (χ2v) is 4.22. The normalized spacial score (nSPS) is 13.6. The van der Waals surface area contributed by atoms with Crippen LogP contribution < -0.4 is 10.5 Å². The molecule has 3 nitrogen and oxygen atoms in total. The van der Waals surface area contributed by atoms with E-state index in [2.05, 4.69) is 0 Å². The van der Waals surface area contributed by atoms with Crippen molar-refractivity contribution in [2.24, 2.45) is 5.73 Å². The first-order valence-electron chi connectivity index (χ1n) is 5.14. The van der Waals surface area contributed by atoms with E-state index in [0.29, 0.717) is 16.9 Å². The number of aliphatic hydroxyl groups excluding tert-OH is 1. The fourth-order valence-electron chi connectivity index (χ4n) is 1.49. The predicted octanol–water partition coefficient (Wildman–Crippen LogP) is 1.89. The van der Waals surface area contributed by atoms with Crippen molar-refractivity contribution in [1.82, 2.24) is 0 Å². The van der Waals surface area contributed by atoms with Crippen LogP contribution in [0.3, 0.4) is 0 Å². The molecule has 1 atom stereocenters. The molecule has 0 saturated carbocycles. The number of halogens is 1. The van der Waals surface area contributed by atoms with Crippen molar-refractivity contribution in [3.05, 3.63) is 29.3 Å². The standard InChI is InChI=1S/C12H18FNO2/c1-12(2,13)8-4-5-11(16-3)9(6-8)10(14)7-15/h4-6,10,15H,7,14H2,1-3H3. The number of rotatable bonds is 4. The highest BCUT2D eigenvalue weighted by atomic mass is 19.1. The number of methoxy groups -OCH3 is 1. The summed E-state index contributed by atoms with van der Waals surface area (Å²) in [5.41, 5.74) is 5.44. The third-order valence-electron chi connectivity index (χ3n) is 2.51. The van der Waals surface area contributed by atoms with Gasteiger partial charge in [-0.05, 0) is 31.5 Å². The maximum absolute atomic E-state index is 13.8. The van der Waals surface area contributed by atoms with Gasteiger partial charge in [0.1, 0.15) is 11.4 Å². The summed E-state index contributed by atoms with van der Waals surface area (Å²) < 4.78 is 18.9. The summed E-state index contributed by atoms with van der Waals surface area (Å²) in [6, 6.07) is 4.41. The van der Waals surface area contributed by atoms with Crippen molar-refractivity contribution >= 4 is 0 Å². The van der Waals surface area contributed by atoms with E-state index in [1.165, 1.54) is 21.0 Å². The van der Waals surface area contributed by atoms with Gasteiger partial charge in [0.05, 0.1) is 19.8 Å². The molecule has 0 heterocycles. The molecule has 0 aliphatic rings. The fraction of sp³-hybridized carbons (Fsp3) is 0.500. The summed E-state index contributed by atoms with van der Waals surface area (Å²) in [5.74, 6) is 0.564. The molecule has 1 aromatic carbocycles. The Kier molecular flexibility index (Phi) is 3.88. The molecule has 0 saturated heterocycles. The van der Waals surface area contributed by atoms with Crippen molar-refractivity contribution < 1.29 is 14.2 Å². The third-order valence-corrected chi connectivity index (χ3v) is 2.51. The number of hydrogen-bond acceptors (Lipinski definition) is 3. The van der Waals surface area contributed by atoms with E-state index in [1.54, 1.807) is 18.2 Å². The van der Waals surface area contributed by atoms with Crippen LogP contribution in [0.4, 0.5) is 4.39 Å². The zero-order chi connectivity index (χ0) is 12.3. The van der Waals surface area contributed by atoms with Crippen LogP contribution >= 0.6 is 0 Å². The lowest BCUT2D eigenvalue weighted by atomic mass is 9.95. The highest BCUT2D eigenvalue weighted by Crippen LogP contribution is 2.31. The number of nitrogens with two attached hydrogens (primary N) is 1. The summed E-state index contributed by atoms with van der Waals surface area (Å²) in [4.78, 5) is 0. The van der Waals surface area contributed by atoms with Crippen LogP contribution in [-0.4, -0.2) is 18.8 Å². The minimum Gasteiger partial charge on any atom is -0.496 e. The molecule has 0 radical (unpaired) electrons. The number of alkyl halides is 1. The lowest BCUT2D eigenvalue weighted by Gasteiger charge is -2.19. The quantitative estimate of drug-likeness (QED) is 0.826. The summed E-state index contributed by atoms with van der Waals surface area (Å²) in [6.45, 7) is 2.75. The van der Waals surface area contributed by atoms with E-state index in [4.69, 9.17) is 15.6 Å². The van der Waals surface area contributed by atoms with Gasteiger partial charge in [-0.2, -0.15) is 0 Å².